The molecule has 0 unspecified atom stereocenters. The van der Waals surface area contributed by atoms with Crippen LogP contribution in [-0.4, -0.2) is 18.0 Å². The molecule has 0 saturated heterocycles. The normalized spacial score (nSPS) is 16.8. The summed E-state index contributed by atoms with van der Waals surface area (Å²) in [6.45, 7) is 1.03. The molecule has 6 nitrogen and oxygen atoms in total. The minimum absolute atomic E-state index is 0.331. The van der Waals surface area contributed by atoms with Gasteiger partial charge in [-0.1, -0.05) is 18.2 Å². The lowest BCUT2D eigenvalue weighted by atomic mass is 9.92. The summed E-state index contributed by atoms with van der Waals surface area (Å²) in [6.07, 6.45) is 0. The Labute approximate surface area is 162 Å². The van der Waals surface area contributed by atoms with Crippen molar-refractivity contribution in [1.29, 1.82) is 10.5 Å². The molecular formula is C21H18FN5O. The number of alkyl halides is 1. The Morgan fingerprint density at radius 2 is 1.93 bits per heavy atom. The minimum atomic E-state index is -0.675. The van der Waals surface area contributed by atoms with Gasteiger partial charge in [-0.25, -0.2) is 9.18 Å². The number of carbonyl (C=O) groups excluding carboxylic acids is 1. The number of urea groups is 1. The molecule has 2 aromatic rings. The largest absolute Gasteiger partial charge is 0.398 e. The van der Waals surface area contributed by atoms with E-state index in [1.807, 2.05) is 6.07 Å². The third kappa shape index (κ3) is 3.04. The average Bonchev–Trinajstić information content (AvgIpc) is 2.71. The maximum absolute atomic E-state index is 13.1. The van der Waals surface area contributed by atoms with Gasteiger partial charge < -0.3 is 10.6 Å². The second-order valence-electron chi connectivity index (χ2n) is 6.50. The fourth-order valence-corrected chi connectivity index (χ4v) is 3.41. The van der Waals surface area contributed by atoms with Gasteiger partial charge in [-0.05, 0) is 36.8 Å². The number of nitrogens with zero attached hydrogens (tertiary/aromatic N) is 4. The first kappa shape index (κ1) is 18.9. The Balaban J connectivity index is 2.16. The predicted molar refractivity (Wildman–Crippen MR) is 104 cm³/mol. The molecule has 0 aliphatic carbocycles. The average molecular weight is 375 g/mol. The van der Waals surface area contributed by atoms with E-state index in [2.05, 4.69) is 6.07 Å². The van der Waals surface area contributed by atoms with Gasteiger partial charge in [0.2, 0.25) is 0 Å². The van der Waals surface area contributed by atoms with Crippen LogP contribution < -0.4 is 10.6 Å². The molecule has 28 heavy (non-hydrogen) atoms. The Morgan fingerprint density at radius 1 is 1.18 bits per heavy atom. The molecule has 1 aliphatic heterocycles. The number of halogens is 1. The number of carbonyl (C=O) groups is 1. The number of amides is 2. The lowest BCUT2D eigenvalue weighted by Crippen LogP contribution is -2.47. The number of nitrogens with two attached hydrogens (primary N) is 1. The molecule has 0 saturated carbocycles. The first-order valence-corrected chi connectivity index (χ1v) is 8.55. The van der Waals surface area contributed by atoms with Gasteiger partial charge in [0, 0.05) is 24.0 Å². The first-order valence-electron chi connectivity index (χ1n) is 8.55. The SMILES string of the molecule is CC1=C(C#N)[C@@H](c2ccc(C#N)cc2N)N(C)C(=O)N1c1cccc(CF)c1. The van der Waals surface area contributed by atoms with Crippen LogP contribution in [0.25, 0.3) is 0 Å². The van der Waals surface area contributed by atoms with Crippen LogP contribution in [0.3, 0.4) is 0 Å². The van der Waals surface area contributed by atoms with Gasteiger partial charge in [0.25, 0.3) is 0 Å². The molecular weight excluding hydrogens is 357 g/mol. The lowest BCUT2D eigenvalue weighted by Gasteiger charge is -2.40. The molecule has 1 atom stereocenters. The Bertz CT molecular complexity index is 1060. The molecule has 0 radical (unpaired) electrons. The molecule has 1 aliphatic rings. The highest BCUT2D eigenvalue weighted by Crippen LogP contribution is 2.40. The number of benzene rings is 2. The van der Waals surface area contributed by atoms with E-state index in [1.54, 1.807) is 50.4 Å². The molecule has 2 aromatic carbocycles. The summed E-state index contributed by atoms with van der Waals surface area (Å²) in [5.41, 5.74) is 9.14. The van der Waals surface area contributed by atoms with Gasteiger partial charge in [-0.3, -0.25) is 4.90 Å². The number of allylic oxidation sites excluding steroid dienone is 1. The van der Waals surface area contributed by atoms with Gasteiger partial charge in [-0.2, -0.15) is 10.5 Å². The number of nitrogen functional groups attached to an aromatic ring is 1. The summed E-state index contributed by atoms with van der Waals surface area (Å²) in [5, 5.41) is 18.9. The van der Waals surface area contributed by atoms with Crippen LogP contribution in [0.2, 0.25) is 0 Å². The zero-order chi connectivity index (χ0) is 20.4. The highest BCUT2D eigenvalue weighted by atomic mass is 19.1. The monoisotopic (exact) mass is 375 g/mol. The van der Waals surface area contributed by atoms with Crippen LogP contribution in [0.15, 0.2) is 53.7 Å². The maximum atomic E-state index is 13.1. The second kappa shape index (κ2) is 7.42. The van der Waals surface area contributed by atoms with E-state index in [0.29, 0.717) is 39.3 Å². The van der Waals surface area contributed by atoms with E-state index >= 15 is 0 Å². The van der Waals surface area contributed by atoms with Crippen LogP contribution >= 0.6 is 0 Å². The molecule has 1 heterocycles. The molecule has 7 heteroatoms. The molecule has 3 rings (SSSR count). The fourth-order valence-electron chi connectivity index (χ4n) is 3.41. The summed E-state index contributed by atoms with van der Waals surface area (Å²) < 4.78 is 13.1. The summed E-state index contributed by atoms with van der Waals surface area (Å²) >= 11 is 0. The molecule has 0 spiro atoms. The zero-order valence-corrected chi connectivity index (χ0v) is 15.5. The van der Waals surface area contributed by atoms with Crippen molar-refractivity contribution in [1.82, 2.24) is 4.90 Å². The van der Waals surface area contributed by atoms with Crippen LogP contribution in [0.1, 0.15) is 29.7 Å². The Hall–Kier alpha value is -3.84. The van der Waals surface area contributed by atoms with E-state index in [-0.39, 0.29) is 6.03 Å². The van der Waals surface area contributed by atoms with Crippen molar-refractivity contribution in [3.8, 4) is 12.1 Å². The Kier molecular flexibility index (Phi) is 5.02. The van der Waals surface area contributed by atoms with Gasteiger partial charge in [0.1, 0.15) is 6.67 Å². The number of rotatable bonds is 3. The Morgan fingerprint density at radius 3 is 2.54 bits per heavy atom. The fraction of sp³-hybridized carbons (Fsp3) is 0.190. The third-order valence-electron chi connectivity index (χ3n) is 4.83. The number of anilines is 2. The van der Waals surface area contributed by atoms with Gasteiger partial charge in [0.15, 0.2) is 0 Å². The van der Waals surface area contributed by atoms with Crippen molar-refractivity contribution in [2.45, 2.75) is 19.6 Å². The lowest BCUT2D eigenvalue weighted by molar-refractivity contribution is 0.202. The molecule has 0 fully saturated rings. The maximum Gasteiger partial charge on any atom is 0.329 e. The summed E-state index contributed by atoms with van der Waals surface area (Å²) in [4.78, 5) is 16.0. The number of hydrogen-bond acceptors (Lipinski definition) is 4. The van der Waals surface area contributed by atoms with Gasteiger partial charge >= 0.3 is 6.03 Å². The van der Waals surface area contributed by atoms with Crippen LogP contribution in [-0.2, 0) is 6.67 Å². The van der Waals surface area contributed by atoms with Crippen LogP contribution in [0.5, 0.6) is 0 Å². The van der Waals surface area contributed by atoms with E-state index < -0.39 is 12.7 Å². The van der Waals surface area contributed by atoms with Crippen molar-refractivity contribution in [3.05, 3.63) is 70.4 Å². The van der Waals surface area contributed by atoms with Crippen molar-refractivity contribution in [2.24, 2.45) is 0 Å². The standard InChI is InChI=1S/C21H18FN5O/c1-13-18(12-24)20(17-7-6-15(11-23)9-19(17)25)26(2)21(28)27(13)16-5-3-4-14(8-16)10-22/h3-9,20H,10,25H2,1-2H3/t20-/m1/s1. The van der Waals surface area contributed by atoms with Gasteiger partial charge in [0.05, 0.1) is 35.0 Å². The quantitative estimate of drug-likeness (QED) is 0.819. The smallest absolute Gasteiger partial charge is 0.329 e. The van der Waals surface area contributed by atoms with Gasteiger partial charge in [-0.15, -0.1) is 0 Å². The number of likely N-dealkylation sites (N-methyl/N-ethyl adjacent to an activating group) is 1. The minimum Gasteiger partial charge on any atom is -0.398 e. The van der Waals surface area contributed by atoms with Crippen molar-refractivity contribution >= 4 is 17.4 Å². The molecule has 0 bridgehead atoms. The van der Waals surface area contributed by atoms with E-state index in [1.165, 1.54) is 15.9 Å². The molecule has 140 valence electrons. The van der Waals surface area contributed by atoms with Crippen molar-refractivity contribution in [3.63, 3.8) is 0 Å². The number of nitriles is 2. The van der Waals surface area contributed by atoms with Crippen LogP contribution in [0, 0.1) is 22.7 Å². The van der Waals surface area contributed by atoms with Crippen molar-refractivity contribution < 1.29 is 9.18 Å². The number of hydrogen-bond donors (Lipinski definition) is 1. The molecule has 2 N–H and O–H groups in total. The molecule has 0 aromatic heterocycles. The first-order chi connectivity index (χ1) is 13.4. The van der Waals surface area contributed by atoms with E-state index in [0.717, 1.165) is 0 Å². The highest BCUT2D eigenvalue weighted by molar-refractivity contribution is 5.97. The van der Waals surface area contributed by atoms with Crippen LogP contribution in [0.4, 0.5) is 20.6 Å². The van der Waals surface area contributed by atoms with E-state index in [4.69, 9.17) is 11.0 Å². The molecule has 2 amide bonds. The topological polar surface area (TPSA) is 97.1 Å². The highest BCUT2D eigenvalue weighted by Gasteiger charge is 2.38. The van der Waals surface area contributed by atoms with Crippen molar-refractivity contribution in [2.75, 3.05) is 17.7 Å². The third-order valence-corrected chi connectivity index (χ3v) is 4.83. The summed E-state index contributed by atoms with van der Waals surface area (Å²) in [5.74, 6) is 0. The zero-order valence-electron chi connectivity index (χ0n) is 15.5. The second-order valence-corrected chi connectivity index (χ2v) is 6.50. The summed E-state index contributed by atoms with van der Waals surface area (Å²) in [6, 6.07) is 14.5. The predicted octanol–water partition coefficient (Wildman–Crippen LogP) is 4.02. The van der Waals surface area contributed by atoms with E-state index in [9.17, 15) is 14.4 Å². The summed E-state index contributed by atoms with van der Waals surface area (Å²) in [7, 11) is 1.58.